The van der Waals surface area contributed by atoms with Crippen LogP contribution in [0.3, 0.4) is 0 Å². The van der Waals surface area contributed by atoms with E-state index in [1.54, 1.807) is 0 Å². The molecule has 10 heteroatoms. The molecule has 0 aliphatic heterocycles. The monoisotopic (exact) mass is 1030 g/mol. The van der Waals surface area contributed by atoms with E-state index in [-0.39, 0.29) is 35.4 Å². The smallest absolute Gasteiger partial charge is 0.311 e. The number of anilines is 6. The number of hydrogen-bond acceptors (Lipinski definition) is 6. The zero-order valence-corrected chi connectivity index (χ0v) is 45.0. The third-order valence-electron chi connectivity index (χ3n) is 12.5. The van der Waals surface area contributed by atoms with Crippen LogP contribution in [0.25, 0.3) is 32.7 Å². The Bertz CT molecular complexity index is 2930. The van der Waals surface area contributed by atoms with E-state index in [4.69, 9.17) is 13.0 Å². The highest BCUT2D eigenvalue weighted by Crippen LogP contribution is 2.42. The van der Waals surface area contributed by atoms with Crippen LogP contribution in [0.2, 0.25) is 51.0 Å². The molecule has 8 aromatic rings. The Kier molecular flexibility index (Phi) is 21.1. The molecule has 0 aliphatic rings. The summed E-state index contributed by atoms with van der Waals surface area (Å²) in [6, 6.07) is 67.8. The SMILES string of the molecule is C.C.C.C.CCCCC(Oc1ccc(N(c2ccc(-c3ccc(N(c4ccccc4)c4cccc5ccccc45)cc3)cc2)c2cccc3ccccc23)cc1)[Si](C)(C[Si](=O)CC)O[Si](C)(C)O[Si](C)(C)C. The van der Waals surface area contributed by atoms with Crippen molar-refractivity contribution in [2.75, 3.05) is 9.80 Å². The average molecular weight is 1030 g/mol. The highest BCUT2D eigenvalue weighted by atomic mass is 28.5. The fraction of sp³-hybridized carbons (Fsp3) is 0.290. The molecule has 6 nitrogen and oxygen atoms in total. The van der Waals surface area contributed by atoms with E-state index in [2.05, 4.69) is 244 Å². The quantitative estimate of drug-likeness (QED) is 0.0709. The molecule has 0 spiro atoms. The van der Waals surface area contributed by atoms with E-state index in [0.29, 0.717) is 11.7 Å². The predicted molar refractivity (Wildman–Crippen MR) is 323 cm³/mol. The summed E-state index contributed by atoms with van der Waals surface area (Å²) in [5.74, 6) is 0.793. The van der Waals surface area contributed by atoms with Crippen molar-refractivity contribution in [3.8, 4) is 16.9 Å². The molecule has 0 bridgehead atoms. The van der Waals surface area contributed by atoms with Gasteiger partial charge in [-0.05, 0) is 146 Å². The van der Waals surface area contributed by atoms with Gasteiger partial charge in [-0.2, -0.15) is 0 Å². The molecule has 0 saturated carbocycles. The van der Waals surface area contributed by atoms with E-state index in [1.165, 1.54) is 21.5 Å². The van der Waals surface area contributed by atoms with Crippen LogP contribution in [0.5, 0.6) is 5.75 Å². The van der Waals surface area contributed by atoms with Gasteiger partial charge in [-0.3, -0.25) is 0 Å². The number of nitrogens with zero attached hydrogens (tertiary/aromatic N) is 2. The van der Waals surface area contributed by atoms with Crippen molar-refractivity contribution in [1.29, 1.82) is 0 Å². The first-order valence-corrected chi connectivity index (χ1v) is 35.0. The van der Waals surface area contributed by atoms with E-state index in [0.717, 1.165) is 70.3 Å². The normalized spacial score (nSPS) is 12.5. The predicted octanol–water partition coefficient (Wildman–Crippen LogP) is 19.7. The maximum atomic E-state index is 13.4. The molecule has 0 aliphatic carbocycles. The molecule has 0 N–H and O–H groups in total. The molecule has 0 aromatic heterocycles. The van der Waals surface area contributed by atoms with Crippen LogP contribution in [0.4, 0.5) is 34.1 Å². The molecule has 0 fully saturated rings. The summed E-state index contributed by atoms with van der Waals surface area (Å²) >= 11 is 0. The Morgan fingerprint density at radius 1 is 0.486 bits per heavy atom. The minimum absolute atomic E-state index is 0. The van der Waals surface area contributed by atoms with Gasteiger partial charge in [0.2, 0.25) is 8.32 Å². The van der Waals surface area contributed by atoms with Gasteiger partial charge >= 0.3 is 8.56 Å². The Morgan fingerprint density at radius 3 is 1.35 bits per heavy atom. The molecule has 0 saturated heterocycles. The van der Waals surface area contributed by atoms with Crippen LogP contribution in [-0.2, 0) is 12.7 Å². The maximum Gasteiger partial charge on any atom is 0.311 e. The second-order valence-electron chi connectivity index (χ2n) is 19.4. The second-order valence-corrected chi connectivity index (χ2v) is 34.6. The molecular weight excluding hydrogens is 949 g/mol. The lowest BCUT2D eigenvalue weighted by molar-refractivity contribution is 0.227. The lowest BCUT2D eigenvalue weighted by Gasteiger charge is -2.42. The van der Waals surface area contributed by atoms with Crippen LogP contribution in [0, 0.1) is 0 Å². The topological polar surface area (TPSA) is 51.2 Å². The summed E-state index contributed by atoms with van der Waals surface area (Å²) in [7, 11) is -8.98. The van der Waals surface area contributed by atoms with Gasteiger partial charge in [-0.15, -0.1) is 0 Å². The van der Waals surface area contributed by atoms with Crippen molar-refractivity contribution >= 4 is 89.5 Å². The van der Waals surface area contributed by atoms with Crippen molar-refractivity contribution in [3.05, 3.63) is 188 Å². The van der Waals surface area contributed by atoms with Gasteiger partial charge in [-0.1, -0.05) is 172 Å². The Labute approximate surface area is 438 Å². The van der Waals surface area contributed by atoms with Crippen LogP contribution in [0.1, 0.15) is 62.8 Å². The fourth-order valence-electron chi connectivity index (χ4n) is 9.61. The molecule has 8 rings (SSSR count). The average Bonchev–Trinajstić information content (AvgIpc) is 3.33. The molecule has 72 heavy (non-hydrogen) atoms. The molecule has 2 unspecified atom stereocenters. The number of para-hydroxylation sites is 1. The lowest BCUT2D eigenvalue weighted by atomic mass is 10.0. The number of benzene rings is 8. The number of rotatable bonds is 20. The fourth-order valence-corrected chi connectivity index (χ4v) is 28.3. The maximum absolute atomic E-state index is 13.4. The third kappa shape index (κ3) is 14.1. The number of hydrogen-bond donors (Lipinski definition) is 0. The van der Waals surface area contributed by atoms with E-state index in [1.807, 2.05) is 6.92 Å². The second kappa shape index (κ2) is 25.8. The zero-order chi connectivity index (χ0) is 47.9. The summed E-state index contributed by atoms with van der Waals surface area (Å²) in [5, 5.41) is 4.76. The standard InChI is InChI=1S/C58H66N2O4Si4.4CH4/c1-9-11-31-58(68(8,44-65(61)10-2)64-67(6,7)63-66(3,4)5)62-53-42-40-52(41-43-53)60(57-30-20-24-48-22-16-18-28-55(48)57)51-38-34-46(35-39-51)45-32-36-50(37-33-45)59(49-25-13-12-14-26-49)56-29-19-23-47-21-15-17-27-54(47)56;;;;/h12-30,32-43,58H,9-11,31,44H2,1-8H3;4*1H4. The van der Waals surface area contributed by atoms with Crippen molar-refractivity contribution < 1.29 is 17.4 Å². The van der Waals surface area contributed by atoms with Crippen molar-refractivity contribution in [1.82, 2.24) is 0 Å². The molecule has 0 amide bonds. The Balaban J connectivity index is 0.00000281. The molecule has 2 atom stereocenters. The van der Waals surface area contributed by atoms with Crippen molar-refractivity contribution in [2.45, 2.75) is 120 Å². The molecule has 0 radical (unpaired) electrons. The first kappa shape index (κ1) is 58.8. The van der Waals surface area contributed by atoms with Crippen LogP contribution in [0.15, 0.2) is 188 Å². The highest BCUT2D eigenvalue weighted by Gasteiger charge is 2.48. The van der Waals surface area contributed by atoms with E-state index >= 15 is 0 Å². The van der Waals surface area contributed by atoms with Gasteiger partial charge in [-0.25, -0.2) is 0 Å². The first-order chi connectivity index (χ1) is 32.7. The Hall–Kier alpha value is -5.73. The van der Waals surface area contributed by atoms with Gasteiger partial charge < -0.3 is 27.2 Å². The van der Waals surface area contributed by atoms with Crippen LogP contribution >= 0.6 is 0 Å². The van der Waals surface area contributed by atoms with Crippen LogP contribution < -0.4 is 14.5 Å². The summed E-state index contributed by atoms with van der Waals surface area (Å²) in [6.45, 7) is 17.4. The van der Waals surface area contributed by atoms with Gasteiger partial charge in [0.05, 0.1) is 11.4 Å². The van der Waals surface area contributed by atoms with Gasteiger partial charge in [0.25, 0.3) is 8.68 Å². The molecular formula is C62H82N2O4Si4. The molecule has 380 valence electrons. The Morgan fingerprint density at radius 2 is 0.903 bits per heavy atom. The highest BCUT2D eigenvalue weighted by molar-refractivity contribution is 6.91. The van der Waals surface area contributed by atoms with Crippen molar-refractivity contribution in [2.24, 2.45) is 0 Å². The number of ether oxygens (including phenoxy) is 1. The number of fused-ring (bicyclic) bond motifs is 2. The minimum Gasteiger partial charge on any atom is -0.491 e. The minimum atomic E-state index is -2.72. The molecule has 0 heterocycles. The number of unbranched alkanes of at least 4 members (excludes halogenated alkanes) is 1. The summed E-state index contributed by atoms with van der Waals surface area (Å²) in [6.07, 6.45) is 2.90. The largest absolute Gasteiger partial charge is 0.491 e. The molecule has 8 aromatic carbocycles. The summed E-state index contributed by atoms with van der Waals surface area (Å²) in [5.41, 5.74) is 9.23. The van der Waals surface area contributed by atoms with Crippen molar-refractivity contribution in [3.63, 3.8) is 0 Å². The van der Waals surface area contributed by atoms with Gasteiger partial charge in [0, 0.05) is 39.2 Å². The van der Waals surface area contributed by atoms with E-state index in [9.17, 15) is 4.46 Å². The summed E-state index contributed by atoms with van der Waals surface area (Å²) in [4.78, 5) is 4.68. The third-order valence-corrected chi connectivity index (χ3v) is 27.7. The van der Waals surface area contributed by atoms with E-state index < -0.39 is 33.9 Å². The lowest BCUT2D eigenvalue weighted by Crippen LogP contribution is -2.60. The summed E-state index contributed by atoms with van der Waals surface area (Å²) < 4.78 is 34.4. The van der Waals surface area contributed by atoms with Gasteiger partial charge in [0.15, 0.2) is 8.32 Å². The van der Waals surface area contributed by atoms with Gasteiger partial charge in [0.1, 0.15) is 11.5 Å². The first-order valence-electron chi connectivity index (χ1n) is 24.2. The zero-order valence-electron chi connectivity index (χ0n) is 41.0. The van der Waals surface area contributed by atoms with Crippen LogP contribution in [-0.4, -0.2) is 39.6 Å².